The van der Waals surface area contributed by atoms with Crippen LogP contribution in [0.2, 0.25) is 0 Å². The van der Waals surface area contributed by atoms with Crippen molar-refractivity contribution in [2.24, 2.45) is 5.92 Å². The largest absolute Gasteiger partial charge is 0.305 e. The first-order valence-corrected chi connectivity index (χ1v) is 8.22. The molecule has 5 heteroatoms. The number of aromatic nitrogens is 3. The molecule has 20 heavy (non-hydrogen) atoms. The molecule has 1 N–H and O–H groups in total. The molecule has 0 aliphatic heterocycles. The average Bonchev–Trinajstić information content (AvgIpc) is 3.05. The van der Waals surface area contributed by atoms with Crippen molar-refractivity contribution in [2.75, 3.05) is 0 Å². The van der Waals surface area contributed by atoms with Crippen LogP contribution in [0, 0.1) is 5.92 Å². The Kier molecular flexibility index (Phi) is 4.17. The molecule has 0 atom stereocenters. The highest BCUT2D eigenvalue weighted by atomic mass is 32.1. The summed E-state index contributed by atoms with van der Waals surface area (Å²) < 4.78 is 2.01. The minimum Gasteiger partial charge on any atom is -0.305 e. The number of thiophene rings is 1. The van der Waals surface area contributed by atoms with Gasteiger partial charge in [0.2, 0.25) is 0 Å². The Morgan fingerprint density at radius 1 is 1.35 bits per heavy atom. The average molecular weight is 290 g/mol. The molecule has 2 aromatic heterocycles. The third-order valence-electron chi connectivity index (χ3n) is 3.61. The summed E-state index contributed by atoms with van der Waals surface area (Å²) in [5.74, 6) is 1.62. The van der Waals surface area contributed by atoms with Crippen LogP contribution in [-0.4, -0.2) is 14.8 Å². The first kappa shape index (κ1) is 13.8. The molecule has 1 aliphatic carbocycles. The van der Waals surface area contributed by atoms with Crippen molar-refractivity contribution in [3.05, 3.63) is 33.5 Å². The van der Waals surface area contributed by atoms with Crippen LogP contribution in [0.25, 0.3) is 0 Å². The van der Waals surface area contributed by atoms with Crippen molar-refractivity contribution in [1.82, 2.24) is 20.1 Å². The quantitative estimate of drug-likeness (QED) is 0.889. The third kappa shape index (κ3) is 3.10. The van der Waals surface area contributed by atoms with Crippen LogP contribution in [0.3, 0.4) is 0 Å². The maximum absolute atomic E-state index is 4.34. The highest BCUT2D eigenvalue weighted by molar-refractivity contribution is 7.12. The lowest BCUT2D eigenvalue weighted by atomic mass is 10.2. The summed E-state index contributed by atoms with van der Waals surface area (Å²) in [6.07, 6.45) is 5.55. The van der Waals surface area contributed by atoms with Gasteiger partial charge in [0, 0.05) is 22.8 Å². The van der Waals surface area contributed by atoms with Crippen molar-refractivity contribution < 1.29 is 0 Å². The zero-order valence-electron chi connectivity index (χ0n) is 12.2. The molecular weight excluding hydrogens is 268 g/mol. The number of fused-ring (bicyclic) bond motifs is 1. The molecule has 4 nitrogen and oxygen atoms in total. The Hall–Kier alpha value is -1.20. The number of hydrogen-bond acceptors (Lipinski definition) is 4. The van der Waals surface area contributed by atoms with Crippen molar-refractivity contribution >= 4 is 11.3 Å². The minimum absolute atomic E-state index is 0.593. The predicted molar refractivity (Wildman–Crippen MR) is 81.7 cm³/mol. The highest BCUT2D eigenvalue weighted by Gasteiger charge is 2.14. The van der Waals surface area contributed by atoms with E-state index in [-0.39, 0.29) is 0 Å². The zero-order valence-corrected chi connectivity index (χ0v) is 13.0. The van der Waals surface area contributed by atoms with E-state index in [1.165, 1.54) is 24.1 Å². The predicted octanol–water partition coefficient (Wildman–Crippen LogP) is 2.77. The Morgan fingerprint density at radius 3 is 3.05 bits per heavy atom. The van der Waals surface area contributed by atoms with E-state index in [0.29, 0.717) is 5.92 Å². The third-order valence-corrected chi connectivity index (χ3v) is 4.85. The van der Waals surface area contributed by atoms with Crippen molar-refractivity contribution in [3.8, 4) is 0 Å². The van der Waals surface area contributed by atoms with E-state index in [1.807, 2.05) is 16.0 Å². The molecule has 0 unspecified atom stereocenters. The second kappa shape index (κ2) is 6.06. The first-order chi connectivity index (χ1) is 9.72. The topological polar surface area (TPSA) is 42.7 Å². The molecular formula is C15H22N4S. The molecule has 0 bridgehead atoms. The number of nitrogens with one attached hydrogen (secondary N) is 1. The molecule has 0 saturated heterocycles. The summed E-state index contributed by atoms with van der Waals surface area (Å²) in [5.41, 5.74) is 1.58. The first-order valence-electron chi connectivity index (χ1n) is 7.40. The van der Waals surface area contributed by atoms with Gasteiger partial charge in [0.05, 0.1) is 6.54 Å². The van der Waals surface area contributed by atoms with Gasteiger partial charge >= 0.3 is 0 Å². The van der Waals surface area contributed by atoms with Crippen LogP contribution in [0.15, 0.2) is 12.4 Å². The fourth-order valence-corrected chi connectivity index (χ4v) is 3.93. The Labute approximate surface area is 124 Å². The fourth-order valence-electron chi connectivity index (χ4n) is 2.70. The van der Waals surface area contributed by atoms with Gasteiger partial charge in [-0.05, 0) is 36.8 Å². The summed E-state index contributed by atoms with van der Waals surface area (Å²) in [6, 6.07) is 2.37. The molecule has 1 aliphatic rings. The summed E-state index contributed by atoms with van der Waals surface area (Å²) >= 11 is 1.97. The molecule has 0 radical (unpaired) electrons. The summed E-state index contributed by atoms with van der Waals surface area (Å²) in [4.78, 5) is 7.39. The number of rotatable bonds is 6. The molecule has 2 heterocycles. The van der Waals surface area contributed by atoms with Crippen LogP contribution < -0.4 is 5.32 Å². The second-order valence-electron chi connectivity index (χ2n) is 5.87. The van der Waals surface area contributed by atoms with E-state index in [2.05, 4.69) is 35.3 Å². The highest BCUT2D eigenvalue weighted by Crippen LogP contribution is 2.30. The number of hydrogen-bond donors (Lipinski definition) is 1. The van der Waals surface area contributed by atoms with Gasteiger partial charge in [-0.25, -0.2) is 9.67 Å². The van der Waals surface area contributed by atoms with Gasteiger partial charge in [-0.2, -0.15) is 5.10 Å². The monoisotopic (exact) mass is 290 g/mol. The smallest absolute Gasteiger partial charge is 0.140 e. The van der Waals surface area contributed by atoms with E-state index in [1.54, 1.807) is 16.8 Å². The van der Waals surface area contributed by atoms with Crippen molar-refractivity contribution in [2.45, 2.75) is 52.7 Å². The summed E-state index contributed by atoms with van der Waals surface area (Å²) in [7, 11) is 0. The van der Waals surface area contributed by atoms with Crippen LogP contribution in [0.1, 0.15) is 41.4 Å². The van der Waals surface area contributed by atoms with Crippen LogP contribution in [-0.2, 0) is 32.5 Å². The van der Waals surface area contributed by atoms with Crippen LogP contribution in [0.4, 0.5) is 0 Å². The Balaban J connectivity index is 1.53. The van der Waals surface area contributed by atoms with Crippen molar-refractivity contribution in [3.63, 3.8) is 0 Å². The van der Waals surface area contributed by atoms with Gasteiger partial charge in [-0.3, -0.25) is 0 Å². The Morgan fingerprint density at radius 2 is 2.25 bits per heavy atom. The van der Waals surface area contributed by atoms with E-state index in [9.17, 15) is 0 Å². The van der Waals surface area contributed by atoms with Crippen LogP contribution >= 0.6 is 11.3 Å². The second-order valence-corrected chi connectivity index (χ2v) is 7.09. The van der Waals surface area contributed by atoms with Gasteiger partial charge in [0.1, 0.15) is 12.2 Å². The SMILES string of the molecule is CC(C)Cn1ncnc1CNCc1cc2c(s1)CCC2. The lowest BCUT2D eigenvalue weighted by molar-refractivity contribution is 0.458. The van der Waals surface area contributed by atoms with E-state index in [0.717, 1.165) is 25.5 Å². The van der Waals surface area contributed by atoms with E-state index in [4.69, 9.17) is 0 Å². The lowest BCUT2D eigenvalue weighted by Crippen LogP contribution is -2.18. The van der Waals surface area contributed by atoms with Gasteiger partial charge in [0.15, 0.2) is 0 Å². The molecule has 108 valence electrons. The lowest BCUT2D eigenvalue weighted by Gasteiger charge is -2.08. The molecule has 0 spiro atoms. The summed E-state index contributed by atoms with van der Waals surface area (Å²) in [5, 5.41) is 7.78. The number of aryl methyl sites for hydroxylation is 2. The van der Waals surface area contributed by atoms with E-state index >= 15 is 0 Å². The minimum atomic E-state index is 0.593. The van der Waals surface area contributed by atoms with Gasteiger partial charge in [0.25, 0.3) is 0 Å². The normalized spacial score (nSPS) is 14.2. The number of nitrogens with zero attached hydrogens (tertiary/aromatic N) is 3. The molecule has 0 aromatic carbocycles. The zero-order chi connectivity index (χ0) is 13.9. The molecule has 3 rings (SSSR count). The maximum Gasteiger partial charge on any atom is 0.140 e. The molecule has 0 amide bonds. The maximum atomic E-state index is 4.34. The van der Waals surface area contributed by atoms with E-state index < -0.39 is 0 Å². The van der Waals surface area contributed by atoms with Crippen LogP contribution in [0.5, 0.6) is 0 Å². The Bertz CT molecular complexity index is 549. The van der Waals surface area contributed by atoms with Gasteiger partial charge in [-0.1, -0.05) is 13.8 Å². The molecule has 0 fully saturated rings. The molecule has 2 aromatic rings. The van der Waals surface area contributed by atoms with Gasteiger partial charge in [-0.15, -0.1) is 11.3 Å². The van der Waals surface area contributed by atoms with Gasteiger partial charge < -0.3 is 5.32 Å². The molecule has 0 saturated carbocycles. The standard InChI is InChI=1S/C15H22N4S/c1-11(2)9-19-15(17-10-18-19)8-16-7-13-6-12-4-3-5-14(12)20-13/h6,10-11,16H,3-5,7-9H2,1-2H3. The van der Waals surface area contributed by atoms with Crippen molar-refractivity contribution in [1.29, 1.82) is 0 Å². The summed E-state index contributed by atoms with van der Waals surface area (Å²) in [6.45, 7) is 7.06. The fraction of sp³-hybridized carbons (Fsp3) is 0.600.